The number of rotatable bonds is 1. The molecule has 0 saturated heterocycles. The zero-order valence-electron chi connectivity index (χ0n) is 13.5. The van der Waals surface area contributed by atoms with Crippen LogP contribution >= 0.6 is 11.6 Å². The van der Waals surface area contributed by atoms with Crippen molar-refractivity contribution < 1.29 is 8.98 Å². The van der Waals surface area contributed by atoms with Crippen molar-refractivity contribution in [2.24, 2.45) is 0 Å². The third kappa shape index (κ3) is 2.20. The summed E-state index contributed by atoms with van der Waals surface area (Å²) >= 11 is 6.10. The van der Waals surface area contributed by atoms with E-state index in [2.05, 4.69) is 0 Å². The summed E-state index contributed by atoms with van der Waals surface area (Å²) in [6.45, 7) is 0. The van der Waals surface area contributed by atoms with Gasteiger partial charge in [0.2, 0.25) is 5.76 Å². The van der Waals surface area contributed by atoms with Crippen LogP contribution in [0.4, 0.5) is 0 Å². The molecule has 5 heteroatoms. The van der Waals surface area contributed by atoms with Crippen molar-refractivity contribution in [3.63, 3.8) is 0 Å². The van der Waals surface area contributed by atoms with Gasteiger partial charge in [-0.25, -0.2) is 4.98 Å². The van der Waals surface area contributed by atoms with Crippen molar-refractivity contribution in [1.82, 2.24) is 4.98 Å². The van der Waals surface area contributed by atoms with Crippen molar-refractivity contribution in [2.75, 3.05) is 0 Å². The lowest BCUT2D eigenvalue weighted by atomic mass is 10.0. The molecule has 0 N–H and O–H groups in total. The monoisotopic (exact) mass is 359 g/mol. The highest BCUT2D eigenvalue weighted by atomic mass is 35.5. The van der Waals surface area contributed by atoms with Crippen molar-refractivity contribution >= 4 is 33.5 Å². The van der Waals surface area contributed by atoms with Crippen LogP contribution in [0.25, 0.3) is 39.0 Å². The summed E-state index contributed by atoms with van der Waals surface area (Å²) < 4.78 is 7.90. The van der Waals surface area contributed by atoms with Gasteiger partial charge >= 0.3 is 5.69 Å². The first-order valence-corrected chi connectivity index (χ1v) is 8.52. The summed E-state index contributed by atoms with van der Waals surface area (Å²) in [6, 6.07) is 18.4. The molecule has 2 heterocycles. The van der Waals surface area contributed by atoms with Gasteiger partial charge in [0.05, 0.1) is 0 Å². The summed E-state index contributed by atoms with van der Waals surface area (Å²) in [7, 11) is 0. The molecule has 0 spiro atoms. The SMILES string of the molecule is O=c1c(-[n+]2ccccc2)c2oc3ccc(Cl)cc3nc-2c2ccccc12. The quantitative estimate of drug-likeness (QED) is 0.253. The lowest BCUT2D eigenvalue weighted by Crippen LogP contribution is -2.36. The van der Waals surface area contributed by atoms with Gasteiger partial charge in [-0.05, 0) is 18.2 Å². The van der Waals surface area contributed by atoms with E-state index in [0.717, 1.165) is 5.39 Å². The van der Waals surface area contributed by atoms with Gasteiger partial charge in [0, 0.05) is 27.9 Å². The number of halogens is 1. The Bertz CT molecular complexity index is 1310. The average molecular weight is 360 g/mol. The molecule has 26 heavy (non-hydrogen) atoms. The van der Waals surface area contributed by atoms with Crippen LogP contribution in [0.15, 0.2) is 82.3 Å². The number of fused-ring (bicyclic) bond motifs is 4. The molecule has 0 radical (unpaired) electrons. The molecule has 0 atom stereocenters. The first kappa shape index (κ1) is 15.0. The van der Waals surface area contributed by atoms with E-state index in [-0.39, 0.29) is 5.43 Å². The maximum absolute atomic E-state index is 13.2. The van der Waals surface area contributed by atoms with E-state index in [1.807, 2.05) is 54.9 Å². The molecule has 0 bridgehead atoms. The molecule has 0 fully saturated rings. The van der Waals surface area contributed by atoms with Gasteiger partial charge in [0.1, 0.15) is 11.2 Å². The van der Waals surface area contributed by atoms with Gasteiger partial charge in [0.25, 0.3) is 5.43 Å². The van der Waals surface area contributed by atoms with E-state index < -0.39 is 0 Å². The highest BCUT2D eigenvalue weighted by Crippen LogP contribution is 2.33. The van der Waals surface area contributed by atoms with E-state index in [0.29, 0.717) is 38.7 Å². The second-order valence-corrected chi connectivity index (χ2v) is 6.45. The van der Waals surface area contributed by atoms with Gasteiger partial charge in [-0.3, -0.25) is 4.79 Å². The summed E-state index contributed by atoms with van der Waals surface area (Å²) in [6.07, 6.45) is 3.65. The second kappa shape index (κ2) is 5.64. The van der Waals surface area contributed by atoms with Crippen molar-refractivity contribution in [3.8, 4) is 17.1 Å². The maximum atomic E-state index is 13.2. The Kier molecular flexibility index (Phi) is 3.27. The molecular formula is C21H12ClN2O2+. The first-order chi connectivity index (χ1) is 12.7. The van der Waals surface area contributed by atoms with E-state index in [4.69, 9.17) is 21.0 Å². The van der Waals surface area contributed by atoms with E-state index >= 15 is 0 Å². The number of hydrogen-bond acceptors (Lipinski definition) is 3. The Balaban J connectivity index is 2.04. The molecule has 0 amide bonds. The largest absolute Gasteiger partial charge is 0.446 e. The Morgan fingerprint density at radius 3 is 2.50 bits per heavy atom. The van der Waals surface area contributed by atoms with Gasteiger partial charge in [-0.2, -0.15) is 4.57 Å². The molecule has 2 aromatic carbocycles. The topological polar surface area (TPSA) is 47.0 Å². The Hall–Kier alpha value is -3.24. The van der Waals surface area contributed by atoms with Crippen molar-refractivity contribution in [3.05, 3.63) is 88.3 Å². The molecule has 0 saturated carbocycles. The maximum Gasteiger partial charge on any atom is 0.304 e. The molecule has 1 aliphatic carbocycles. The van der Waals surface area contributed by atoms with Crippen molar-refractivity contribution in [1.29, 1.82) is 0 Å². The summed E-state index contributed by atoms with van der Waals surface area (Å²) in [4.78, 5) is 18.0. The lowest BCUT2D eigenvalue weighted by molar-refractivity contribution is -0.596. The smallest absolute Gasteiger partial charge is 0.304 e. The number of nitrogens with zero attached hydrogens (tertiary/aromatic N) is 2. The Morgan fingerprint density at radius 1 is 0.923 bits per heavy atom. The minimum Gasteiger partial charge on any atom is -0.446 e. The van der Waals surface area contributed by atoms with E-state index in [1.165, 1.54) is 0 Å². The highest BCUT2D eigenvalue weighted by molar-refractivity contribution is 6.31. The number of hydrogen-bond donors (Lipinski definition) is 0. The fraction of sp³-hybridized carbons (Fsp3) is 0. The van der Waals surface area contributed by atoms with Crippen LogP contribution in [-0.2, 0) is 0 Å². The van der Waals surface area contributed by atoms with Gasteiger partial charge in [-0.1, -0.05) is 41.9 Å². The van der Waals surface area contributed by atoms with Crippen LogP contribution in [0.1, 0.15) is 0 Å². The highest BCUT2D eigenvalue weighted by Gasteiger charge is 2.28. The van der Waals surface area contributed by atoms with Crippen LogP contribution in [0.2, 0.25) is 5.02 Å². The molecule has 1 aliphatic heterocycles. The molecule has 124 valence electrons. The molecule has 1 aromatic heterocycles. The lowest BCUT2D eigenvalue weighted by Gasteiger charge is -2.11. The summed E-state index contributed by atoms with van der Waals surface area (Å²) in [5, 5.41) is 1.95. The Morgan fingerprint density at radius 2 is 1.69 bits per heavy atom. The number of pyridine rings is 1. The second-order valence-electron chi connectivity index (χ2n) is 6.01. The van der Waals surface area contributed by atoms with Crippen LogP contribution in [0, 0.1) is 0 Å². The third-order valence-corrected chi connectivity index (χ3v) is 4.65. The zero-order valence-corrected chi connectivity index (χ0v) is 14.3. The minimum atomic E-state index is -0.0943. The predicted molar refractivity (Wildman–Crippen MR) is 101 cm³/mol. The fourth-order valence-corrected chi connectivity index (χ4v) is 3.40. The molecule has 2 aliphatic rings. The summed E-state index contributed by atoms with van der Waals surface area (Å²) in [5.74, 6) is 0.458. The number of aromatic nitrogens is 2. The molecular weight excluding hydrogens is 348 g/mol. The van der Waals surface area contributed by atoms with Crippen LogP contribution < -0.4 is 10.00 Å². The molecule has 0 unspecified atom stereocenters. The van der Waals surface area contributed by atoms with Gasteiger partial charge < -0.3 is 4.42 Å². The molecule has 5 rings (SSSR count). The molecule has 4 nitrogen and oxygen atoms in total. The van der Waals surface area contributed by atoms with Crippen LogP contribution in [0.5, 0.6) is 0 Å². The normalized spacial score (nSPS) is 11.4. The van der Waals surface area contributed by atoms with Gasteiger partial charge in [-0.15, -0.1) is 0 Å². The predicted octanol–water partition coefficient (Wildman–Crippen LogP) is 4.38. The standard InChI is InChI=1S/C21H12ClN2O2/c22-13-8-9-17-16(12-13)23-18-14-6-2-3-7-15(14)20(25)19(21(18)26-17)24-10-4-1-5-11-24/h1-12H/q+1. The first-order valence-electron chi connectivity index (χ1n) is 8.14. The van der Waals surface area contributed by atoms with Crippen LogP contribution in [0.3, 0.4) is 0 Å². The van der Waals surface area contributed by atoms with E-state index in [1.54, 1.807) is 22.8 Å². The van der Waals surface area contributed by atoms with Gasteiger partial charge in [0.15, 0.2) is 18.0 Å². The zero-order chi connectivity index (χ0) is 17.7. The average Bonchev–Trinajstić information content (AvgIpc) is 2.68. The minimum absolute atomic E-state index is 0.0943. The van der Waals surface area contributed by atoms with Crippen molar-refractivity contribution in [2.45, 2.75) is 0 Å². The third-order valence-electron chi connectivity index (χ3n) is 4.41. The fourth-order valence-electron chi connectivity index (χ4n) is 3.24. The number of benzene rings is 3. The molecule has 3 aromatic rings. The Labute approximate surface area is 153 Å². The van der Waals surface area contributed by atoms with E-state index in [9.17, 15) is 4.79 Å². The van der Waals surface area contributed by atoms with Crippen LogP contribution in [-0.4, -0.2) is 4.98 Å². The summed E-state index contributed by atoms with van der Waals surface area (Å²) in [5.41, 5.74) is 2.22.